The van der Waals surface area contributed by atoms with Gasteiger partial charge in [-0.15, -0.1) is 0 Å². The van der Waals surface area contributed by atoms with Crippen molar-refractivity contribution in [1.29, 1.82) is 0 Å². The SMILES string of the molecule is CN1CCN(S(=O)(=O)c2cc([N+](=O)[O-])ccc2N/N=C/c2ccccc2)CC1. The molecule has 0 bridgehead atoms. The van der Waals surface area contributed by atoms with Gasteiger partial charge in [0.1, 0.15) is 4.90 Å². The molecule has 0 unspecified atom stereocenters. The zero-order chi connectivity index (χ0) is 20.1. The molecule has 3 rings (SSSR count). The van der Waals surface area contributed by atoms with Crippen LogP contribution in [0.25, 0.3) is 0 Å². The minimum Gasteiger partial charge on any atom is -0.304 e. The van der Waals surface area contributed by atoms with E-state index in [9.17, 15) is 18.5 Å². The Labute approximate surface area is 163 Å². The lowest BCUT2D eigenvalue weighted by molar-refractivity contribution is -0.385. The highest BCUT2D eigenvalue weighted by atomic mass is 32.2. The van der Waals surface area contributed by atoms with Crippen LogP contribution in [0.1, 0.15) is 5.56 Å². The molecule has 1 aliphatic heterocycles. The van der Waals surface area contributed by atoms with Crippen molar-refractivity contribution in [2.45, 2.75) is 4.90 Å². The molecule has 1 fully saturated rings. The summed E-state index contributed by atoms with van der Waals surface area (Å²) in [6.07, 6.45) is 1.55. The second-order valence-electron chi connectivity index (χ2n) is 6.43. The fourth-order valence-corrected chi connectivity index (χ4v) is 4.40. The molecular formula is C18H21N5O4S. The van der Waals surface area contributed by atoms with Crippen molar-refractivity contribution in [2.24, 2.45) is 5.10 Å². The zero-order valence-electron chi connectivity index (χ0n) is 15.4. The Morgan fingerprint density at radius 2 is 1.79 bits per heavy atom. The number of nitro groups is 1. The summed E-state index contributed by atoms with van der Waals surface area (Å²) >= 11 is 0. The molecule has 148 valence electrons. The number of hydrogen-bond donors (Lipinski definition) is 1. The summed E-state index contributed by atoms with van der Waals surface area (Å²) in [5, 5.41) is 15.2. The molecule has 0 aromatic heterocycles. The van der Waals surface area contributed by atoms with E-state index in [1.807, 2.05) is 42.3 Å². The van der Waals surface area contributed by atoms with Crippen LogP contribution in [0.3, 0.4) is 0 Å². The smallest absolute Gasteiger partial charge is 0.270 e. The van der Waals surface area contributed by atoms with Crippen LogP contribution in [0.15, 0.2) is 58.5 Å². The van der Waals surface area contributed by atoms with Crippen LogP contribution in [-0.4, -0.2) is 62.0 Å². The van der Waals surface area contributed by atoms with E-state index in [4.69, 9.17) is 0 Å². The number of anilines is 1. The van der Waals surface area contributed by atoms with E-state index < -0.39 is 14.9 Å². The second kappa shape index (κ2) is 8.46. The maximum absolute atomic E-state index is 13.1. The number of sulfonamides is 1. The molecule has 0 atom stereocenters. The van der Waals surface area contributed by atoms with Gasteiger partial charge in [-0.05, 0) is 18.7 Å². The first-order chi connectivity index (χ1) is 13.4. The van der Waals surface area contributed by atoms with Crippen LogP contribution in [0.4, 0.5) is 11.4 Å². The van der Waals surface area contributed by atoms with Gasteiger partial charge >= 0.3 is 0 Å². The lowest BCUT2D eigenvalue weighted by Gasteiger charge is -2.31. The van der Waals surface area contributed by atoms with E-state index in [1.165, 1.54) is 16.4 Å². The predicted octanol–water partition coefficient (Wildman–Crippen LogP) is 1.98. The highest BCUT2D eigenvalue weighted by molar-refractivity contribution is 7.89. The van der Waals surface area contributed by atoms with Crippen LogP contribution in [0.5, 0.6) is 0 Å². The van der Waals surface area contributed by atoms with E-state index in [0.717, 1.165) is 11.6 Å². The number of hydrazone groups is 1. The molecule has 1 heterocycles. The van der Waals surface area contributed by atoms with E-state index in [-0.39, 0.29) is 16.3 Å². The highest BCUT2D eigenvalue weighted by Gasteiger charge is 2.31. The number of likely N-dealkylation sites (N-methyl/N-ethyl adjacent to an activating group) is 1. The van der Waals surface area contributed by atoms with Gasteiger partial charge in [0.2, 0.25) is 10.0 Å². The topological polar surface area (TPSA) is 108 Å². The first-order valence-electron chi connectivity index (χ1n) is 8.69. The first-order valence-corrected chi connectivity index (χ1v) is 10.1. The molecule has 2 aromatic rings. The quantitative estimate of drug-likeness (QED) is 0.449. The van der Waals surface area contributed by atoms with Crippen LogP contribution in [0.2, 0.25) is 0 Å². The number of non-ortho nitro benzene ring substituents is 1. The van der Waals surface area contributed by atoms with Crippen molar-refractivity contribution in [3.05, 3.63) is 64.2 Å². The Morgan fingerprint density at radius 3 is 2.43 bits per heavy atom. The van der Waals surface area contributed by atoms with Crippen molar-refractivity contribution in [3.8, 4) is 0 Å². The van der Waals surface area contributed by atoms with Crippen molar-refractivity contribution in [3.63, 3.8) is 0 Å². The van der Waals surface area contributed by atoms with Crippen LogP contribution in [-0.2, 0) is 10.0 Å². The first kappa shape index (κ1) is 19.9. The molecule has 1 N–H and O–H groups in total. The minimum atomic E-state index is -3.90. The zero-order valence-corrected chi connectivity index (χ0v) is 16.2. The van der Waals surface area contributed by atoms with Crippen LogP contribution >= 0.6 is 0 Å². The Morgan fingerprint density at radius 1 is 1.11 bits per heavy atom. The van der Waals surface area contributed by atoms with Gasteiger partial charge in [-0.1, -0.05) is 30.3 Å². The third-order valence-electron chi connectivity index (χ3n) is 4.45. The fourth-order valence-electron chi connectivity index (χ4n) is 2.81. The molecule has 0 amide bonds. The molecule has 0 radical (unpaired) electrons. The average Bonchev–Trinajstić information content (AvgIpc) is 2.69. The van der Waals surface area contributed by atoms with Gasteiger partial charge in [0.05, 0.1) is 16.8 Å². The van der Waals surface area contributed by atoms with Gasteiger partial charge in [-0.25, -0.2) is 8.42 Å². The Hall–Kier alpha value is -2.82. The molecule has 0 aliphatic carbocycles. The summed E-state index contributed by atoms with van der Waals surface area (Å²) in [5.41, 5.74) is 3.45. The molecule has 1 aliphatic rings. The van der Waals surface area contributed by atoms with E-state index in [1.54, 1.807) is 6.21 Å². The molecule has 0 spiro atoms. The van der Waals surface area contributed by atoms with E-state index >= 15 is 0 Å². The highest BCUT2D eigenvalue weighted by Crippen LogP contribution is 2.29. The third-order valence-corrected chi connectivity index (χ3v) is 6.39. The maximum Gasteiger partial charge on any atom is 0.270 e. The van der Waals surface area contributed by atoms with Crippen molar-refractivity contribution >= 4 is 27.6 Å². The number of rotatable bonds is 6. The van der Waals surface area contributed by atoms with Gasteiger partial charge in [-0.2, -0.15) is 9.41 Å². The molecule has 28 heavy (non-hydrogen) atoms. The molecule has 2 aromatic carbocycles. The molecule has 10 heteroatoms. The average molecular weight is 403 g/mol. The van der Waals surface area contributed by atoms with Crippen molar-refractivity contribution in [2.75, 3.05) is 38.7 Å². The van der Waals surface area contributed by atoms with Crippen LogP contribution in [0, 0.1) is 10.1 Å². The largest absolute Gasteiger partial charge is 0.304 e. The maximum atomic E-state index is 13.1. The number of nitrogens with zero attached hydrogens (tertiary/aromatic N) is 4. The number of hydrogen-bond acceptors (Lipinski definition) is 7. The molecule has 9 nitrogen and oxygen atoms in total. The number of benzene rings is 2. The fraction of sp³-hybridized carbons (Fsp3) is 0.278. The van der Waals surface area contributed by atoms with Crippen molar-refractivity contribution < 1.29 is 13.3 Å². The predicted molar refractivity (Wildman–Crippen MR) is 107 cm³/mol. The molecular weight excluding hydrogens is 382 g/mol. The normalized spacial score (nSPS) is 16.3. The number of piperazine rings is 1. The van der Waals surface area contributed by atoms with Crippen molar-refractivity contribution in [1.82, 2.24) is 9.21 Å². The summed E-state index contributed by atoms with van der Waals surface area (Å²) < 4.78 is 27.6. The van der Waals surface area contributed by atoms with E-state index in [2.05, 4.69) is 10.5 Å². The minimum absolute atomic E-state index is 0.156. The van der Waals surface area contributed by atoms with E-state index in [0.29, 0.717) is 26.2 Å². The second-order valence-corrected chi connectivity index (χ2v) is 8.33. The van der Waals surface area contributed by atoms with Gasteiger partial charge in [0.15, 0.2) is 0 Å². The molecule has 1 saturated heterocycles. The summed E-state index contributed by atoms with van der Waals surface area (Å²) in [6.45, 7) is 1.86. The third kappa shape index (κ3) is 4.53. The summed E-state index contributed by atoms with van der Waals surface area (Å²) in [4.78, 5) is 12.4. The lowest BCUT2D eigenvalue weighted by atomic mass is 10.2. The summed E-state index contributed by atoms with van der Waals surface area (Å²) in [5.74, 6) is 0. The van der Waals surface area contributed by atoms with Gasteiger partial charge in [-0.3, -0.25) is 15.5 Å². The lowest BCUT2D eigenvalue weighted by Crippen LogP contribution is -2.47. The van der Waals surface area contributed by atoms with Gasteiger partial charge in [0.25, 0.3) is 5.69 Å². The Kier molecular flexibility index (Phi) is 6.02. The summed E-state index contributed by atoms with van der Waals surface area (Å²) in [7, 11) is -1.98. The van der Waals surface area contributed by atoms with Gasteiger partial charge < -0.3 is 4.90 Å². The van der Waals surface area contributed by atoms with Crippen LogP contribution < -0.4 is 5.43 Å². The number of nitrogens with one attached hydrogen (secondary N) is 1. The van der Waals surface area contributed by atoms with Gasteiger partial charge in [0, 0.05) is 38.3 Å². The Bertz CT molecular complexity index is 971. The Balaban J connectivity index is 1.92. The monoisotopic (exact) mass is 403 g/mol. The number of nitro benzene ring substituents is 1. The molecule has 0 saturated carbocycles. The standard InChI is InChI=1S/C18H21N5O4S/c1-21-9-11-22(12-10-21)28(26,27)18-13-16(23(24)25)7-8-17(18)20-19-14-15-5-3-2-4-6-15/h2-8,13-14,20H,9-12H2,1H3/b19-14+. The summed E-state index contributed by atoms with van der Waals surface area (Å²) in [6, 6.07) is 13.0.